The zero-order valence-electron chi connectivity index (χ0n) is 59.8. The fourth-order valence-electron chi connectivity index (χ4n) is 15.1. The molecule has 7 heterocycles. The van der Waals surface area contributed by atoms with Gasteiger partial charge >= 0.3 is 0 Å². The molecule has 0 saturated carbocycles. The molecule has 111 heavy (non-hydrogen) atoms. The van der Waals surface area contributed by atoms with Gasteiger partial charge < -0.3 is 0 Å². The molecular formula is C101H63N9S. The van der Waals surface area contributed by atoms with Crippen molar-refractivity contribution in [2.24, 2.45) is 0 Å². The lowest BCUT2D eigenvalue weighted by molar-refractivity contribution is 1.23. The first-order valence-corrected chi connectivity index (χ1v) is 37.8. The molecule has 0 radical (unpaired) electrons. The number of fused-ring (bicyclic) bond motifs is 14. The molecule has 10 heteroatoms. The van der Waals surface area contributed by atoms with Gasteiger partial charge in [0.15, 0.2) is 11.6 Å². The quantitative estimate of drug-likeness (QED) is 0.130. The van der Waals surface area contributed by atoms with Gasteiger partial charge in [0, 0.05) is 99.8 Å². The van der Waals surface area contributed by atoms with E-state index in [1.807, 2.05) is 110 Å². The van der Waals surface area contributed by atoms with Crippen molar-refractivity contribution in [3.05, 3.63) is 383 Å². The molecule has 0 amide bonds. The summed E-state index contributed by atoms with van der Waals surface area (Å²) in [6.45, 7) is 0. The zero-order valence-corrected chi connectivity index (χ0v) is 60.6. The molecule has 15 aromatic carbocycles. The van der Waals surface area contributed by atoms with Crippen LogP contribution >= 0.6 is 11.3 Å². The van der Waals surface area contributed by atoms with Gasteiger partial charge in [-0.25, -0.2) is 29.9 Å². The van der Waals surface area contributed by atoms with E-state index in [0.717, 1.165) is 166 Å². The Hall–Kier alpha value is -14.7. The van der Waals surface area contributed by atoms with E-state index in [0.29, 0.717) is 0 Å². The molecule has 0 unspecified atom stereocenters. The van der Waals surface area contributed by atoms with E-state index in [9.17, 15) is 0 Å². The van der Waals surface area contributed by atoms with E-state index < -0.39 is 0 Å². The summed E-state index contributed by atoms with van der Waals surface area (Å²) < 4.78 is 2.35. The number of nitrogens with zero attached hydrogens (tertiary/aromatic N) is 9. The van der Waals surface area contributed by atoms with Crippen molar-refractivity contribution in [1.29, 1.82) is 0 Å². The van der Waals surface area contributed by atoms with Crippen LogP contribution in [0.15, 0.2) is 383 Å². The van der Waals surface area contributed by atoms with Gasteiger partial charge in [0.1, 0.15) is 0 Å². The number of pyridine rings is 3. The van der Waals surface area contributed by atoms with Crippen LogP contribution < -0.4 is 0 Å². The zero-order chi connectivity index (χ0) is 73.6. The van der Waals surface area contributed by atoms with E-state index in [-0.39, 0.29) is 0 Å². The van der Waals surface area contributed by atoms with Crippen LogP contribution in [0.5, 0.6) is 0 Å². The maximum absolute atomic E-state index is 5.10. The number of aromatic nitrogens is 9. The lowest BCUT2D eigenvalue weighted by Gasteiger charge is -2.12. The Kier molecular flexibility index (Phi) is 16.9. The average molecular weight is 1430 g/mol. The van der Waals surface area contributed by atoms with Crippen molar-refractivity contribution in [3.63, 3.8) is 0 Å². The molecule has 0 aliphatic rings. The number of hydrogen-bond acceptors (Lipinski definition) is 10. The Labute approximate surface area is 643 Å². The molecule has 0 bridgehead atoms. The summed E-state index contributed by atoms with van der Waals surface area (Å²) in [4.78, 5) is 44.3. The predicted molar refractivity (Wildman–Crippen MR) is 461 cm³/mol. The van der Waals surface area contributed by atoms with Gasteiger partial charge in [0.2, 0.25) is 0 Å². The minimum absolute atomic E-state index is 0.728. The monoisotopic (exact) mass is 1430 g/mol. The Morgan fingerprint density at radius 2 is 0.532 bits per heavy atom. The van der Waals surface area contributed by atoms with Crippen molar-refractivity contribution >= 4 is 119 Å². The van der Waals surface area contributed by atoms with Gasteiger partial charge in [0.25, 0.3) is 0 Å². The summed E-state index contributed by atoms with van der Waals surface area (Å²) in [6.07, 6.45) is 5.86. The topological polar surface area (TPSA) is 116 Å². The minimum Gasteiger partial charge on any atom is -0.256 e. The first-order chi connectivity index (χ1) is 55.0. The minimum atomic E-state index is 0.728. The van der Waals surface area contributed by atoms with Crippen LogP contribution in [0, 0.1) is 0 Å². The summed E-state index contributed by atoms with van der Waals surface area (Å²) in [6, 6.07) is 126. The molecule has 0 saturated heterocycles. The van der Waals surface area contributed by atoms with Crippen LogP contribution in [-0.4, -0.2) is 44.9 Å². The molecule has 0 N–H and O–H groups in total. The van der Waals surface area contributed by atoms with Crippen LogP contribution in [0.2, 0.25) is 0 Å². The third-order valence-electron chi connectivity index (χ3n) is 20.7. The number of benzene rings is 15. The SMILES string of the molecule is c1ccc(-c2nc(-c3ccc(-c4ccc5c(c4)ncc4ccccc45)cc3)nc3c2sc2ccccc23)cc1.c1ccc(-c2nc(-c3ccc(-c4ccc5c(c4)ncc4ccccc45)cc3)nc3ccccc23)cc1.c1ccc(-c2nc3ccccc3nc2-c2cccc(-c3ccc4c(c3)ncc3ccccc34)c2)cc1. The molecule has 22 rings (SSSR count). The molecule has 9 nitrogen and oxygen atoms in total. The van der Waals surface area contributed by atoms with Gasteiger partial charge in [0.05, 0.1) is 66.1 Å². The van der Waals surface area contributed by atoms with E-state index in [1.54, 1.807) is 11.3 Å². The van der Waals surface area contributed by atoms with Gasteiger partial charge in [-0.05, 0) is 98.1 Å². The van der Waals surface area contributed by atoms with Gasteiger partial charge in [-0.15, -0.1) is 11.3 Å². The Bertz CT molecular complexity index is 7320. The summed E-state index contributed by atoms with van der Waals surface area (Å²) in [7, 11) is 0. The maximum atomic E-state index is 5.10. The molecule has 0 spiro atoms. The van der Waals surface area contributed by atoms with Crippen LogP contribution in [0.3, 0.4) is 0 Å². The second-order valence-electron chi connectivity index (χ2n) is 27.6. The van der Waals surface area contributed by atoms with Crippen molar-refractivity contribution in [3.8, 4) is 101 Å². The van der Waals surface area contributed by atoms with Crippen LogP contribution in [0.25, 0.3) is 208 Å². The molecule has 0 atom stereocenters. The van der Waals surface area contributed by atoms with E-state index in [2.05, 4.69) is 273 Å². The predicted octanol–water partition coefficient (Wildman–Crippen LogP) is 26.2. The third kappa shape index (κ3) is 12.7. The standard InChI is InChI=1S/C35H21N3S.2C33H21N3/c1-2-8-23(9-3-1)32-34-33(29-12-6-7-13-31(29)39-34)38-35(37-32)24-16-14-22(15-17-24)25-18-19-28-27-11-5-4-10-26(27)21-36-30(28)20-25;1-2-9-22(10-3-1)32-33(36-30-16-7-6-15-29(30)35-32)25-13-8-12-23(19-25)24-17-18-28-27-14-5-4-11-26(27)21-34-31(28)20-24;1-2-8-23(9-3-1)32-29-12-6-7-13-30(29)35-33(36-32)24-16-14-22(15-17-24)25-18-19-28-27-11-5-4-10-26(27)21-34-31(28)20-25/h1-21H;2*1-21H. The first kappa shape index (κ1) is 65.8. The van der Waals surface area contributed by atoms with Gasteiger partial charge in [-0.1, -0.05) is 315 Å². The third-order valence-corrected chi connectivity index (χ3v) is 21.9. The summed E-state index contributed by atoms with van der Waals surface area (Å²) in [5, 5.41) is 12.9. The average Bonchev–Trinajstić information content (AvgIpc) is 1.07. The van der Waals surface area contributed by atoms with E-state index in [1.165, 1.54) is 42.4 Å². The highest BCUT2D eigenvalue weighted by Gasteiger charge is 2.20. The summed E-state index contributed by atoms with van der Waals surface area (Å²) >= 11 is 1.76. The fraction of sp³-hybridized carbons (Fsp3) is 0. The molecule has 0 aliphatic heterocycles. The number of rotatable bonds is 9. The van der Waals surface area contributed by atoms with Crippen LogP contribution in [-0.2, 0) is 0 Å². The lowest BCUT2D eigenvalue weighted by atomic mass is 9.97. The second kappa shape index (κ2) is 28.5. The molecule has 7 aromatic heterocycles. The van der Waals surface area contributed by atoms with E-state index >= 15 is 0 Å². The molecular weight excluding hydrogens is 1370 g/mol. The summed E-state index contributed by atoms with van der Waals surface area (Å²) in [5.41, 5.74) is 23.5. The smallest absolute Gasteiger partial charge is 0.160 e. The van der Waals surface area contributed by atoms with Gasteiger partial charge in [-0.3, -0.25) is 15.0 Å². The highest BCUT2D eigenvalue weighted by molar-refractivity contribution is 7.26. The number of hydrogen-bond donors (Lipinski definition) is 0. The highest BCUT2D eigenvalue weighted by Crippen LogP contribution is 2.42. The Balaban J connectivity index is 0.000000109. The lowest BCUT2D eigenvalue weighted by Crippen LogP contribution is -1.95. The molecule has 518 valence electrons. The Morgan fingerprint density at radius 1 is 0.180 bits per heavy atom. The van der Waals surface area contributed by atoms with Crippen LogP contribution in [0.4, 0.5) is 0 Å². The fourth-order valence-corrected chi connectivity index (χ4v) is 16.3. The van der Waals surface area contributed by atoms with Crippen LogP contribution in [0.1, 0.15) is 0 Å². The van der Waals surface area contributed by atoms with Gasteiger partial charge in [-0.2, -0.15) is 0 Å². The Morgan fingerprint density at radius 3 is 1.05 bits per heavy atom. The number of para-hydroxylation sites is 3. The largest absolute Gasteiger partial charge is 0.256 e. The van der Waals surface area contributed by atoms with E-state index in [4.69, 9.17) is 44.9 Å². The normalized spacial score (nSPS) is 11.4. The van der Waals surface area contributed by atoms with Crippen molar-refractivity contribution < 1.29 is 0 Å². The molecule has 22 aromatic rings. The highest BCUT2D eigenvalue weighted by atomic mass is 32.1. The summed E-state index contributed by atoms with van der Waals surface area (Å²) in [5.74, 6) is 1.47. The van der Waals surface area contributed by atoms with Crippen molar-refractivity contribution in [2.75, 3.05) is 0 Å². The second-order valence-corrected chi connectivity index (χ2v) is 28.6. The van der Waals surface area contributed by atoms with Crippen molar-refractivity contribution in [1.82, 2.24) is 44.9 Å². The first-order valence-electron chi connectivity index (χ1n) is 37.0. The molecule has 0 aliphatic carbocycles. The maximum Gasteiger partial charge on any atom is 0.160 e. The molecule has 0 fully saturated rings. The van der Waals surface area contributed by atoms with Crippen molar-refractivity contribution in [2.45, 2.75) is 0 Å². The number of thiophene rings is 1.